The monoisotopic (exact) mass is 249 g/mol. The average Bonchev–Trinajstić information content (AvgIpc) is 2.92. The maximum Gasteiger partial charge on any atom is 0.271 e. The second kappa shape index (κ2) is 5.68. The van der Waals surface area contributed by atoms with E-state index in [9.17, 15) is 4.79 Å². The Morgan fingerprint density at radius 3 is 2.89 bits per heavy atom. The molecule has 9 heteroatoms. The van der Waals surface area contributed by atoms with Gasteiger partial charge in [0.15, 0.2) is 17.8 Å². The minimum atomic E-state index is -0.328. The van der Waals surface area contributed by atoms with Gasteiger partial charge in [-0.05, 0) is 12.1 Å². The molecule has 0 atom stereocenters. The SMILES string of the molecule is NNc1ccc(C(=O)NCCc2ncno2)nn1. The highest BCUT2D eigenvalue weighted by molar-refractivity contribution is 5.92. The molecule has 0 radical (unpaired) electrons. The van der Waals surface area contributed by atoms with Crippen LogP contribution in [0.4, 0.5) is 5.82 Å². The van der Waals surface area contributed by atoms with E-state index in [1.807, 2.05) is 0 Å². The molecule has 0 unspecified atom stereocenters. The molecule has 0 aromatic carbocycles. The predicted octanol–water partition coefficient (Wildman–Crippen LogP) is -0.882. The van der Waals surface area contributed by atoms with E-state index in [2.05, 4.69) is 31.1 Å². The van der Waals surface area contributed by atoms with Crippen molar-refractivity contribution in [2.24, 2.45) is 5.84 Å². The predicted molar refractivity (Wildman–Crippen MR) is 60.2 cm³/mol. The van der Waals surface area contributed by atoms with Crippen molar-refractivity contribution in [1.82, 2.24) is 25.7 Å². The fraction of sp³-hybridized carbons (Fsp3) is 0.222. The molecule has 9 nitrogen and oxygen atoms in total. The summed E-state index contributed by atoms with van der Waals surface area (Å²) in [6.45, 7) is 0.375. The Hall–Kier alpha value is -2.55. The topological polar surface area (TPSA) is 132 Å². The largest absolute Gasteiger partial charge is 0.350 e. The highest BCUT2D eigenvalue weighted by atomic mass is 16.5. The lowest BCUT2D eigenvalue weighted by Crippen LogP contribution is -2.27. The Kier molecular flexibility index (Phi) is 3.76. The van der Waals surface area contributed by atoms with E-state index in [4.69, 9.17) is 10.4 Å². The van der Waals surface area contributed by atoms with Crippen LogP contribution in [0.25, 0.3) is 0 Å². The van der Waals surface area contributed by atoms with Crippen molar-refractivity contribution in [3.63, 3.8) is 0 Å². The van der Waals surface area contributed by atoms with Gasteiger partial charge >= 0.3 is 0 Å². The smallest absolute Gasteiger partial charge is 0.271 e. The number of anilines is 1. The number of nitrogen functional groups attached to an aromatic ring is 1. The first-order valence-electron chi connectivity index (χ1n) is 5.13. The van der Waals surface area contributed by atoms with E-state index in [-0.39, 0.29) is 11.6 Å². The van der Waals surface area contributed by atoms with Crippen LogP contribution in [0.2, 0.25) is 0 Å². The summed E-state index contributed by atoms with van der Waals surface area (Å²) in [4.78, 5) is 15.5. The molecule has 0 fully saturated rings. The van der Waals surface area contributed by atoms with Gasteiger partial charge in [0.1, 0.15) is 0 Å². The van der Waals surface area contributed by atoms with Crippen LogP contribution in [0.1, 0.15) is 16.4 Å². The van der Waals surface area contributed by atoms with E-state index in [1.165, 1.54) is 12.4 Å². The molecule has 18 heavy (non-hydrogen) atoms. The summed E-state index contributed by atoms with van der Waals surface area (Å²) in [6, 6.07) is 3.07. The van der Waals surface area contributed by atoms with Gasteiger partial charge in [-0.25, -0.2) is 5.84 Å². The van der Waals surface area contributed by atoms with E-state index < -0.39 is 0 Å². The van der Waals surface area contributed by atoms with Gasteiger partial charge in [-0.15, -0.1) is 10.2 Å². The van der Waals surface area contributed by atoms with Crippen LogP contribution in [0.5, 0.6) is 0 Å². The number of nitrogens with one attached hydrogen (secondary N) is 2. The number of aromatic nitrogens is 4. The van der Waals surface area contributed by atoms with Crippen molar-refractivity contribution in [2.45, 2.75) is 6.42 Å². The van der Waals surface area contributed by atoms with E-state index in [0.717, 1.165) is 0 Å². The third kappa shape index (κ3) is 2.98. The molecule has 2 aromatic rings. The maximum atomic E-state index is 11.6. The van der Waals surface area contributed by atoms with Gasteiger partial charge in [0.25, 0.3) is 5.91 Å². The number of hydrogen-bond donors (Lipinski definition) is 3. The third-order valence-electron chi connectivity index (χ3n) is 2.08. The van der Waals surface area contributed by atoms with Crippen molar-refractivity contribution in [1.29, 1.82) is 0 Å². The summed E-state index contributed by atoms with van der Waals surface area (Å²) in [5, 5.41) is 13.5. The number of carbonyl (C=O) groups is 1. The molecule has 0 saturated heterocycles. The van der Waals surface area contributed by atoms with Crippen molar-refractivity contribution >= 4 is 11.7 Å². The minimum absolute atomic E-state index is 0.208. The average molecular weight is 249 g/mol. The molecule has 2 heterocycles. The number of nitrogens with zero attached hydrogens (tertiary/aromatic N) is 4. The third-order valence-corrected chi connectivity index (χ3v) is 2.08. The van der Waals surface area contributed by atoms with Crippen LogP contribution in [0.3, 0.4) is 0 Å². The van der Waals surface area contributed by atoms with E-state index >= 15 is 0 Å². The van der Waals surface area contributed by atoms with Gasteiger partial charge in [-0.2, -0.15) is 4.98 Å². The van der Waals surface area contributed by atoms with Gasteiger partial charge in [0, 0.05) is 13.0 Å². The van der Waals surface area contributed by atoms with E-state index in [1.54, 1.807) is 6.07 Å². The zero-order chi connectivity index (χ0) is 12.8. The van der Waals surface area contributed by atoms with Gasteiger partial charge in [-0.3, -0.25) is 4.79 Å². The highest BCUT2D eigenvalue weighted by Crippen LogP contribution is 1.99. The van der Waals surface area contributed by atoms with Crippen molar-refractivity contribution in [2.75, 3.05) is 12.0 Å². The van der Waals surface area contributed by atoms with E-state index in [0.29, 0.717) is 24.7 Å². The van der Waals surface area contributed by atoms with Crippen molar-refractivity contribution in [3.8, 4) is 0 Å². The van der Waals surface area contributed by atoms with Gasteiger partial charge in [0.2, 0.25) is 5.89 Å². The summed E-state index contributed by atoms with van der Waals surface area (Å²) in [5.41, 5.74) is 2.53. The summed E-state index contributed by atoms with van der Waals surface area (Å²) < 4.78 is 4.79. The van der Waals surface area contributed by atoms with Crippen molar-refractivity contribution in [3.05, 3.63) is 30.0 Å². The Morgan fingerprint density at radius 1 is 1.39 bits per heavy atom. The van der Waals surface area contributed by atoms with Crippen LogP contribution in [-0.2, 0) is 6.42 Å². The van der Waals surface area contributed by atoms with Crippen LogP contribution in [0.15, 0.2) is 23.0 Å². The Balaban J connectivity index is 1.83. The first kappa shape index (κ1) is 11.9. The molecule has 0 aliphatic carbocycles. The van der Waals surface area contributed by atoms with Crippen LogP contribution >= 0.6 is 0 Å². The molecule has 2 rings (SSSR count). The number of hydrogen-bond acceptors (Lipinski definition) is 8. The molecule has 0 saturated carbocycles. The number of amides is 1. The minimum Gasteiger partial charge on any atom is -0.350 e. The first-order valence-corrected chi connectivity index (χ1v) is 5.13. The molecule has 0 spiro atoms. The second-order valence-corrected chi connectivity index (χ2v) is 3.29. The Labute approximate surface area is 102 Å². The molecule has 2 aromatic heterocycles. The van der Waals surface area contributed by atoms with Crippen LogP contribution < -0.4 is 16.6 Å². The molecule has 4 N–H and O–H groups in total. The van der Waals surface area contributed by atoms with Crippen molar-refractivity contribution < 1.29 is 9.32 Å². The van der Waals surface area contributed by atoms with Gasteiger partial charge in [0.05, 0.1) is 0 Å². The lowest BCUT2D eigenvalue weighted by molar-refractivity contribution is 0.0947. The Bertz CT molecular complexity index is 496. The molecule has 0 aliphatic rings. The van der Waals surface area contributed by atoms with Gasteiger partial charge in [-0.1, -0.05) is 5.16 Å². The lowest BCUT2D eigenvalue weighted by Gasteiger charge is -2.02. The summed E-state index contributed by atoms with van der Waals surface area (Å²) >= 11 is 0. The number of rotatable bonds is 5. The molecule has 0 bridgehead atoms. The maximum absolute atomic E-state index is 11.6. The fourth-order valence-corrected chi connectivity index (χ4v) is 1.21. The molecular weight excluding hydrogens is 238 g/mol. The summed E-state index contributed by atoms with van der Waals surface area (Å²) in [5.74, 6) is 5.65. The van der Waals surface area contributed by atoms with Crippen LogP contribution in [-0.4, -0.2) is 32.8 Å². The molecule has 1 amide bonds. The molecular formula is C9H11N7O2. The number of hydrazine groups is 1. The number of nitrogens with two attached hydrogens (primary N) is 1. The summed E-state index contributed by atoms with van der Waals surface area (Å²) in [6.07, 6.45) is 1.77. The zero-order valence-corrected chi connectivity index (χ0v) is 9.33. The standard InChI is InChI=1S/C9H11N7O2/c10-14-7-2-1-6(15-16-7)9(17)11-4-3-8-12-5-13-18-8/h1-2,5H,3-4,10H2,(H,11,17)(H,14,16). The highest BCUT2D eigenvalue weighted by Gasteiger charge is 2.08. The first-order chi connectivity index (χ1) is 8.79. The number of carbonyl (C=O) groups excluding carboxylic acids is 1. The normalized spacial score (nSPS) is 10.1. The summed E-state index contributed by atoms with van der Waals surface area (Å²) in [7, 11) is 0. The zero-order valence-electron chi connectivity index (χ0n) is 9.33. The van der Waals surface area contributed by atoms with Crippen LogP contribution in [0, 0.1) is 0 Å². The quantitative estimate of drug-likeness (QED) is 0.459. The second-order valence-electron chi connectivity index (χ2n) is 3.29. The molecule has 94 valence electrons. The lowest BCUT2D eigenvalue weighted by atomic mass is 10.3. The van der Waals surface area contributed by atoms with Gasteiger partial charge < -0.3 is 15.3 Å². The molecule has 0 aliphatic heterocycles. The Morgan fingerprint density at radius 2 is 2.28 bits per heavy atom. The fourth-order valence-electron chi connectivity index (χ4n) is 1.21.